The Morgan fingerprint density at radius 2 is 1.62 bits per heavy atom. The number of ether oxygens (including phenoxy) is 3. The van der Waals surface area contributed by atoms with E-state index in [9.17, 15) is 4.79 Å². The van der Waals surface area contributed by atoms with E-state index in [4.69, 9.17) is 25.8 Å². The number of rotatable bonds is 5. The number of methoxy groups -OCH3 is 3. The first-order valence-corrected chi connectivity index (χ1v) is 6.59. The molecule has 0 aliphatic rings. The summed E-state index contributed by atoms with van der Waals surface area (Å²) in [6.07, 6.45) is 0. The molecule has 0 amide bonds. The van der Waals surface area contributed by atoms with Crippen molar-refractivity contribution in [3.8, 4) is 17.2 Å². The lowest BCUT2D eigenvalue weighted by atomic mass is 10.0. The second-order valence-corrected chi connectivity index (χ2v) is 4.63. The Bertz CT molecular complexity index is 667. The Morgan fingerprint density at radius 3 is 2.24 bits per heavy atom. The lowest BCUT2D eigenvalue weighted by molar-refractivity contribution is 0.103. The molecule has 0 heterocycles. The highest BCUT2D eigenvalue weighted by atomic mass is 35.5. The van der Waals surface area contributed by atoms with Crippen LogP contribution in [0, 0.1) is 0 Å². The average molecular weight is 307 g/mol. The zero-order chi connectivity index (χ0) is 15.4. The summed E-state index contributed by atoms with van der Waals surface area (Å²) < 4.78 is 15.6. The van der Waals surface area contributed by atoms with Crippen LogP contribution >= 0.6 is 11.6 Å². The van der Waals surface area contributed by atoms with E-state index in [1.165, 1.54) is 21.3 Å². The Morgan fingerprint density at radius 1 is 0.952 bits per heavy atom. The lowest BCUT2D eigenvalue weighted by Gasteiger charge is -2.12. The highest BCUT2D eigenvalue weighted by Crippen LogP contribution is 2.37. The first-order valence-electron chi connectivity index (χ1n) is 6.21. The molecular formula is C16H15ClO4. The van der Waals surface area contributed by atoms with Crippen molar-refractivity contribution in [3.05, 3.63) is 52.5 Å². The van der Waals surface area contributed by atoms with E-state index in [1.807, 2.05) is 0 Å². The molecule has 0 bridgehead atoms. The third-order valence-electron chi connectivity index (χ3n) is 3.05. The summed E-state index contributed by atoms with van der Waals surface area (Å²) in [7, 11) is 4.50. The summed E-state index contributed by atoms with van der Waals surface area (Å²) in [6, 6.07) is 10.2. The predicted octanol–water partition coefficient (Wildman–Crippen LogP) is 3.60. The molecule has 0 aliphatic carbocycles. The van der Waals surface area contributed by atoms with Gasteiger partial charge < -0.3 is 14.2 Å². The van der Waals surface area contributed by atoms with Gasteiger partial charge in [0.15, 0.2) is 17.3 Å². The molecule has 0 unspecified atom stereocenters. The summed E-state index contributed by atoms with van der Waals surface area (Å²) in [5.41, 5.74) is 0.866. The van der Waals surface area contributed by atoms with Crippen LogP contribution in [0.1, 0.15) is 15.9 Å². The Labute approximate surface area is 128 Å². The van der Waals surface area contributed by atoms with Gasteiger partial charge in [0.2, 0.25) is 0 Å². The van der Waals surface area contributed by atoms with Crippen molar-refractivity contribution < 1.29 is 19.0 Å². The molecule has 0 atom stereocenters. The zero-order valence-corrected chi connectivity index (χ0v) is 12.7. The minimum atomic E-state index is -0.199. The number of ketones is 1. The Hall–Kier alpha value is -2.20. The Kier molecular flexibility index (Phi) is 4.70. The lowest BCUT2D eigenvalue weighted by Crippen LogP contribution is -2.05. The number of benzene rings is 2. The van der Waals surface area contributed by atoms with Gasteiger partial charge in [-0.05, 0) is 24.3 Å². The van der Waals surface area contributed by atoms with Crippen molar-refractivity contribution in [3.63, 3.8) is 0 Å². The standard InChI is InChI=1S/C16H15ClO4/c1-19-13-7-5-4-6-11(13)15(18)10-8-12(17)16(21-3)14(9-10)20-2/h4-9H,1-3H3. The van der Waals surface area contributed by atoms with Crippen molar-refractivity contribution in [1.82, 2.24) is 0 Å². The van der Waals surface area contributed by atoms with Crippen LogP contribution in [0.4, 0.5) is 0 Å². The Balaban J connectivity index is 2.51. The molecule has 0 saturated heterocycles. The van der Waals surface area contributed by atoms with E-state index in [0.29, 0.717) is 33.4 Å². The summed E-state index contributed by atoms with van der Waals surface area (Å²) >= 11 is 6.13. The number of carbonyl (C=O) groups is 1. The molecule has 0 spiro atoms. The van der Waals surface area contributed by atoms with Crippen LogP contribution in [0.2, 0.25) is 5.02 Å². The van der Waals surface area contributed by atoms with E-state index in [2.05, 4.69) is 0 Å². The first kappa shape index (κ1) is 15.2. The number of carbonyl (C=O) groups excluding carboxylic acids is 1. The molecule has 2 rings (SSSR count). The molecule has 2 aromatic carbocycles. The molecule has 5 heteroatoms. The normalized spacial score (nSPS) is 10.1. The fourth-order valence-electron chi connectivity index (χ4n) is 2.04. The summed E-state index contributed by atoms with van der Waals surface area (Å²) in [4.78, 5) is 12.6. The number of hydrogen-bond donors (Lipinski definition) is 0. The largest absolute Gasteiger partial charge is 0.496 e. The fraction of sp³-hybridized carbons (Fsp3) is 0.188. The number of para-hydroxylation sites is 1. The minimum Gasteiger partial charge on any atom is -0.496 e. The highest BCUT2D eigenvalue weighted by Gasteiger charge is 2.18. The smallest absolute Gasteiger partial charge is 0.196 e. The van der Waals surface area contributed by atoms with Gasteiger partial charge in [-0.15, -0.1) is 0 Å². The van der Waals surface area contributed by atoms with Gasteiger partial charge in [-0.25, -0.2) is 0 Å². The van der Waals surface area contributed by atoms with Gasteiger partial charge in [0.05, 0.1) is 31.9 Å². The molecule has 110 valence electrons. The minimum absolute atomic E-state index is 0.199. The summed E-state index contributed by atoms with van der Waals surface area (Å²) in [6.45, 7) is 0. The third kappa shape index (κ3) is 2.95. The van der Waals surface area contributed by atoms with Crippen LogP contribution in [-0.2, 0) is 0 Å². The molecular weight excluding hydrogens is 292 g/mol. The van der Waals surface area contributed by atoms with E-state index >= 15 is 0 Å². The molecule has 2 aromatic rings. The maximum absolute atomic E-state index is 12.6. The van der Waals surface area contributed by atoms with Crippen LogP contribution in [0.15, 0.2) is 36.4 Å². The van der Waals surface area contributed by atoms with Crippen LogP contribution < -0.4 is 14.2 Å². The van der Waals surface area contributed by atoms with E-state index in [-0.39, 0.29) is 5.78 Å². The molecule has 0 aromatic heterocycles. The maximum Gasteiger partial charge on any atom is 0.196 e. The second-order valence-electron chi connectivity index (χ2n) is 4.22. The van der Waals surface area contributed by atoms with Gasteiger partial charge >= 0.3 is 0 Å². The molecule has 0 saturated carbocycles. The highest BCUT2D eigenvalue weighted by molar-refractivity contribution is 6.33. The molecule has 0 radical (unpaired) electrons. The van der Waals surface area contributed by atoms with Gasteiger partial charge in [0.25, 0.3) is 0 Å². The van der Waals surface area contributed by atoms with Crippen molar-refractivity contribution in [2.24, 2.45) is 0 Å². The fourth-order valence-corrected chi connectivity index (χ4v) is 2.32. The van der Waals surface area contributed by atoms with Gasteiger partial charge in [-0.1, -0.05) is 23.7 Å². The van der Waals surface area contributed by atoms with Gasteiger partial charge in [0, 0.05) is 5.56 Å². The zero-order valence-electron chi connectivity index (χ0n) is 12.0. The molecule has 0 fully saturated rings. The third-order valence-corrected chi connectivity index (χ3v) is 3.33. The monoisotopic (exact) mass is 306 g/mol. The van der Waals surface area contributed by atoms with Crippen LogP contribution in [0.3, 0.4) is 0 Å². The summed E-state index contributed by atoms with van der Waals surface area (Å²) in [5.74, 6) is 1.11. The second kappa shape index (κ2) is 6.50. The van der Waals surface area contributed by atoms with Crippen LogP contribution in [0.5, 0.6) is 17.2 Å². The molecule has 0 aliphatic heterocycles. The molecule has 0 N–H and O–H groups in total. The maximum atomic E-state index is 12.6. The average Bonchev–Trinajstić information content (AvgIpc) is 2.53. The number of hydrogen-bond acceptors (Lipinski definition) is 4. The number of halogens is 1. The van der Waals surface area contributed by atoms with Gasteiger partial charge in [-0.3, -0.25) is 4.79 Å². The van der Waals surface area contributed by atoms with Crippen LogP contribution in [0.25, 0.3) is 0 Å². The topological polar surface area (TPSA) is 44.8 Å². The SMILES string of the molecule is COc1ccccc1C(=O)c1cc(Cl)c(OC)c(OC)c1. The predicted molar refractivity (Wildman–Crippen MR) is 81.0 cm³/mol. The van der Waals surface area contributed by atoms with Gasteiger partial charge in [-0.2, -0.15) is 0 Å². The van der Waals surface area contributed by atoms with Gasteiger partial charge in [0.1, 0.15) is 5.75 Å². The molecule has 21 heavy (non-hydrogen) atoms. The first-order chi connectivity index (χ1) is 10.1. The van der Waals surface area contributed by atoms with E-state index in [1.54, 1.807) is 36.4 Å². The summed E-state index contributed by atoms with van der Waals surface area (Å²) in [5, 5.41) is 0.315. The van der Waals surface area contributed by atoms with Crippen molar-refractivity contribution >= 4 is 17.4 Å². The van der Waals surface area contributed by atoms with Crippen molar-refractivity contribution in [1.29, 1.82) is 0 Å². The van der Waals surface area contributed by atoms with Crippen molar-refractivity contribution in [2.75, 3.05) is 21.3 Å². The van der Waals surface area contributed by atoms with Crippen LogP contribution in [-0.4, -0.2) is 27.1 Å². The quantitative estimate of drug-likeness (QED) is 0.792. The van der Waals surface area contributed by atoms with Crippen molar-refractivity contribution in [2.45, 2.75) is 0 Å². The molecule has 4 nitrogen and oxygen atoms in total. The van der Waals surface area contributed by atoms with E-state index in [0.717, 1.165) is 0 Å². The van der Waals surface area contributed by atoms with E-state index < -0.39 is 0 Å².